The molecule has 0 spiro atoms. The van der Waals surface area contributed by atoms with Crippen molar-refractivity contribution in [3.05, 3.63) is 50.9 Å². The van der Waals surface area contributed by atoms with E-state index in [1.165, 1.54) is 11.0 Å². The van der Waals surface area contributed by atoms with Crippen molar-refractivity contribution in [2.75, 3.05) is 11.4 Å². The van der Waals surface area contributed by atoms with Gasteiger partial charge in [0.1, 0.15) is 5.82 Å². The highest BCUT2D eigenvalue weighted by molar-refractivity contribution is 7.09. The largest absolute Gasteiger partial charge is 0.304 e. The van der Waals surface area contributed by atoms with Crippen LogP contribution in [0.25, 0.3) is 0 Å². The lowest BCUT2D eigenvalue weighted by Crippen LogP contribution is -2.31. The van der Waals surface area contributed by atoms with Crippen LogP contribution in [0.4, 0.5) is 10.1 Å². The fraction of sp³-hybridized carbons (Fsp3) is 0.143. The molecule has 3 nitrogen and oxygen atoms in total. The van der Waals surface area contributed by atoms with E-state index in [9.17, 15) is 14.0 Å². The van der Waals surface area contributed by atoms with E-state index in [0.717, 1.165) is 10.9 Å². The molecule has 0 unspecified atom stereocenters. The molecular weight excluding hydrogens is 301 g/mol. The molecule has 1 amide bonds. The van der Waals surface area contributed by atoms with Crippen molar-refractivity contribution in [1.29, 1.82) is 0 Å². The van der Waals surface area contributed by atoms with Crippen molar-refractivity contribution in [1.82, 2.24) is 0 Å². The summed E-state index contributed by atoms with van der Waals surface area (Å²) in [5.41, 5.74) is 0.478. The topological polar surface area (TPSA) is 37.4 Å². The number of thiophene rings is 1. The number of hydrogen-bond acceptors (Lipinski definition) is 3. The molecule has 3 rings (SSSR count). The van der Waals surface area contributed by atoms with Crippen LogP contribution in [0.15, 0.2) is 29.6 Å². The number of rotatable bonds is 3. The Morgan fingerprint density at radius 1 is 1.30 bits per heavy atom. The lowest BCUT2D eigenvalue weighted by Gasteiger charge is -2.16. The second-order valence-electron chi connectivity index (χ2n) is 4.40. The molecule has 1 aliphatic heterocycles. The molecule has 1 aromatic heterocycles. The molecule has 20 heavy (non-hydrogen) atoms. The summed E-state index contributed by atoms with van der Waals surface area (Å²) < 4.78 is 13.5. The highest BCUT2D eigenvalue weighted by Crippen LogP contribution is 2.33. The van der Waals surface area contributed by atoms with E-state index >= 15 is 0 Å². The van der Waals surface area contributed by atoms with Crippen LogP contribution in [0.1, 0.15) is 15.2 Å². The smallest absolute Gasteiger partial charge is 0.299 e. The van der Waals surface area contributed by atoms with Crippen LogP contribution in [0.3, 0.4) is 0 Å². The van der Waals surface area contributed by atoms with E-state index in [1.807, 2.05) is 17.5 Å². The van der Waals surface area contributed by atoms with E-state index in [-0.39, 0.29) is 10.6 Å². The van der Waals surface area contributed by atoms with Crippen LogP contribution in [0.2, 0.25) is 5.02 Å². The molecule has 0 fully saturated rings. The summed E-state index contributed by atoms with van der Waals surface area (Å²) >= 11 is 7.23. The van der Waals surface area contributed by atoms with Crippen molar-refractivity contribution in [2.45, 2.75) is 6.42 Å². The number of amides is 1. The number of halogens is 2. The van der Waals surface area contributed by atoms with E-state index in [2.05, 4.69) is 0 Å². The normalized spacial score (nSPS) is 14.0. The van der Waals surface area contributed by atoms with Crippen LogP contribution >= 0.6 is 22.9 Å². The monoisotopic (exact) mass is 309 g/mol. The van der Waals surface area contributed by atoms with Gasteiger partial charge in [-0.1, -0.05) is 17.7 Å². The van der Waals surface area contributed by atoms with Gasteiger partial charge < -0.3 is 4.90 Å². The first-order chi connectivity index (χ1) is 9.58. The first-order valence-electron chi connectivity index (χ1n) is 5.95. The molecule has 6 heteroatoms. The number of nitrogens with zero attached hydrogens (tertiary/aromatic N) is 1. The number of anilines is 1. The SMILES string of the molecule is O=C1C(=O)N(CCc2cccs2)c2cc(F)c(Cl)cc21. The Kier molecular flexibility index (Phi) is 3.31. The van der Waals surface area contributed by atoms with Crippen LogP contribution in [0, 0.1) is 5.82 Å². The van der Waals surface area contributed by atoms with Crippen molar-refractivity contribution >= 4 is 40.3 Å². The fourth-order valence-corrected chi connectivity index (χ4v) is 3.05. The molecule has 0 N–H and O–H groups in total. The average molecular weight is 310 g/mol. The second-order valence-corrected chi connectivity index (χ2v) is 5.84. The van der Waals surface area contributed by atoms with Crippen LogP contribution in [-0.2, 0) is 11.2 Å². The lowest BCUT2D eigenvalue weighted by atomic mass is 10.1. The zero-order chi connectivity index (χ0) is 14.3. The predicted octanol–water partition coefficient (Wildman–Crippen LogP) is 3.31. The highest BCUT2D eigenvalue weighted by Gasteiger charge is 2.36. The molecule has 102 valence electrons. The molecule has 1 aliphatic rings. The van der Waals surface area contributed by atoms with Gasteiger partial charge in [-0.25, -0.2) is 4.39 Å². The Morgan fingerprint density at radius 2 is 2.10 bits per heavy atom. The minimum atomic E-state index is -0.631. The molecule has 2 aromatic rings. The van der Waals surface area contributed by atoms with Crippen LogP contribution in [0.5, 0.6) is 0 Å². The van der Waals surface area contributed by atoms with E-state index < -0.39 is 17.5 Å². The highest BCUT2D eigenvalue weighted by atomic mass is 35.5. The third-order valence-electron chi connectivity index (χ3n) is 3.18. The third-order valence-corrected chi connectivity index (χ3v) is 4.40. The van der Waals surface area contributed by atoms with E-state index in [4.69, 9.17) is 11.6 Å². The van der Waals surface area contributed by atoms with Gasteiger partial charge in [-0.05, 0) is 30.0 Å². The van der Waals surface area contributed by atoms with Crippen molar-refractivity contribution in [3.8, 4) is 0 Å². The maximum atomic E-state index is 13.5. The molecule has 0 saturated heterocycles. The molecular formula is C14H9ClFNO2S. The van der Waals surface area contributed by atoms with Crippen LogP contribution in [-0.4, -0.2) is 18.2 Å². The number of carbonyl (C=O) groups excluding carboxylic acids is 2. The fourth-order valence-electron chi connectivity index (χ4n) is 2.19. The molecule has 0 radical (unpaired) electrons. The predicted molar refractivity (Wildman–Crippen MR) is 76.1 cm³/mol. The van der Waals surface area contributed by atoms with E-state index in [1.54, 1.807) is 11.3 Å². The Hall–Kier alpha value is -1.72. The summed E-state index contributed by atoms with van der Waals surface area (Å²) in [6.07, 6.45) is 0.625. The first-order valence-corrected chi connectivity index (χ1v) is 7.21. The number of fused-ring (bicyclic) bond motifs is 1. The summed E-state index contributed by atoms with van der Waals surface area (Å²) in [6.45, 7) is 0.346. The molecule has 0 bridgehead atoms. The van der Waals surface area contributed by atoms with Gasteiger partial charge in [0.15, 0.2) is 0 Å². The van der Waals surface area contributed by atoms with Crippen molar-refractivity contribution in [3.63, 3.8) is 0 Å². The quantitative estimate of drug-likeness (QED) is 0.816. The standard InChI is InChI=1S/C14H9ClFNO2S/c15-10-6-9-12(7-11(10)16)17(14(19)13(9)18)4-3-8-2-1-5-20-8/h1-2,5-7H,3-4H2. The summed E-state index contributed by atoms with van der Waals surface area (Å²) in [7, 11) is 0. The molecule has 0 aliphatic carbocycles. The van der Waals surface area contributed by atoms with Gasteiger partial charge >= 0.3 is 0 Å². The van der Waals surface area contributed by atoms with Gasteiger partial charge in [-0.15, -0.1) is 11.3 Å². The average Bonchev–Trinajstić information content (AvgIpc) is 3.00. The molecule has 0 saturated carbocycles. The number of carbonyl (C=O) groups is 2. The first kappa shape index (κ1) is 13.3. The van der Waals surface area contributed by atoms with Gasteiger partial charge in [-0.2, -0.15) is 0 Å². The zero-order valence-corrected chi connectivity index (χ0v) is 11.8. The molecule has 2 heterocycles. The molecule has 0 atom stereocenters. The Balaban J connectivity index is 1.91. The minimum Gasteiger partial charge on any atom is -0.304 e. The summed E-state index contributed by atoms with van der Waals surface area (Å²) in [6, 6.07) is 6.24. The van der Waals surface area contributed by atoms with Gasteiger partial charge in [0.2, 0.25) is 0 Å². The maximum absolute atomic E-state index is 13.5. The minimum absolute atomic E-state index is 0.148. The van der Waals surface area contributed by atoms with Gasteiger partial charge in [0, 0.05) is 11.4 Å². The number of benzene rings is 1. The number of ketones is 1. The molecule has 1 aromatic carbocycles. The summed E-state index contributed by atoms with van der Waals surface area (Å²) in [5.74, 6) is -1.89. The van der Waals surface area contributed by atoms with Gasteiger partial charge in [0.25, 0.3) is 11.7 Å². The van der Waals surface area contributed by atoms with Gasteiger partial charge in [-0.3, -0.25) is 9.59 Å². The maximum Gasteiger partial charge on any atom is 0.299 e. The summed E-state index contributed by atoms with van der Waals surface area (Å²) in [5, 5.41) is 1.80. The lowest BCUT2D eigenvalue weighted by molar-refractivity contribution is -0.114. The second kappa shape index (κ2) is 5.00. The van der Waals surface area contributed by atoms with Crippen molar-refractivity contribution in [2.24, 2.45) is 0 Å². The van der Waals surface area contributed by atoms with Gasteiger partial charge in [0.05, 0.1) is 16.3 Å². The van der Waals surface area contributed by atoms with Crippen LogP contribution < -0.4 is 4.90 Å². The zero-order valence-electron chi connectivity index (χ0n) is 10.2. The number of hydrogen-bond donors (Lipinski definition) is 0. The van der Waals surface area contributed by atoms with E-state index in [0.29, 0.717) is 18.7 Å². The Labute approximate surface area is 123 Å². The van der Waals surface area contributed by atoms with Crippen molar-refractivity contribution < 1.29 is 14.0 Å². The number of Topliss-reactive ketones (excluding diaryl/α,β-unsaturated/α-hetero) is 1. The Morgan fingerprint density at radius 3 is 2.80 bits per heavy atom. The Bertz CT molecular complexity index is 699. The summed E-state index contributed by atoms with van der Waals surface area (Å²) in [4.78, 5) is 26.2. The third kappa shape index (κ3) is 2.13.